The summed E-state index contributed by atoms with van der Waals surface area (Å²) in [6, 6.07) is 13.2. The van der Waals surface area contributed by atoms with Crippen molar-refractivity contribution < 1.29 is 23.0 Å². The molecule has 156 valence electrons. The fourth-order valence-corrected chi connectivity index (χ4v) is 2.82. The molecule has 0 spiro atoms. The molecule has 3 aromatic rings. The van der Waals surface area contributed by atoms with Crippen molar-refractivity contribution in [3.05, 3.63) is 77.0 Å². The molecule has 0 radical (unpaired) electrons. The second-order valence-corrected chi connectivity index (χ2v) is 6.64. The highest BCUT2D eigenvalue weighted by Gasteiger charge is 2.14. The first-order chi connectivity index (χ1) is 14.4. The van der Waals surface area contributed by atoms with E-state index in [0.717, 1.165) is 0 Å². The highest BCUT2D eigenvalue weighted by atomic mass is 19.1. The van der Waals surface area contributed by atoms with Gasteiger partial charge < -0.3 is 9.47 Å². The number of rotatable bonds is 6. The third-order valence-electron chi connectivity index (χ3n) is 4.12. The third-order valence-corrected chi connectivity index (χ3v) is 4.12. The van der Waals surface area contributed by atoms with E-state index in [4.69, 9.17) is 9.47 Å². The first-order valence-electron chi connectivity index (χ1n) is 9.17. The van der Waals surface area contributed by atoms with Crippen LogP contribution in [0.5, 0.6) is 5.75 Å². The normalized spacial score (nSPS) is 10.7. The van der Waals surface area contributed by atoms with Gasteiger partial charge in [0, 0.05) is 23.5 Å². The number of hydrogen-bond acceptors (Lipinski definition) is 4. The lowest BCUT2D eigenvalue weighted by Crippen LogP contribution is -2.22. The number of pyridine rings is 1. The van der Waals surface area contributed by atoms with Gasteiger partial charge in [0.2, 0.25) is 6.86 Å². The summed E-state index contributed by atoms with van der Waals surface area (Å²) in [7, 11) is 0. The van der Waals surface area contributed by atoms with Gasteiger partial charge in [-0.25, -0.2) is 13.6 Å². The first-order valence-corrected chi connectivity index (χ1v) is 9.17. The second-order valence-electron chi connectivity index (χ2n) is 6.64. The predicted molar refractivity (Wildman–Crippen MR) is 109 cm³/mol. The molecule has 0 saturated heterocycles. The van der Waals surface area contributed by atoms with E-state index in [2.05, 4.69) is 5.32 Å². The number of nitrogens with one attached hydrogen (secondary N) is 1. The van der Waals surface area contributed by atoms with Crippen LogP contribution in [0.15, 0.2) is 65.6 Å². The van der Waals surface area contributed by atoms with Crippen LogP contribution in [0.2, 0.25) is 0 Å². The van der Waals surface area contributed by atoms with E-state index >= 15 is 0 Å². The Kier molecular flexibility index (Phi) is 6.46. The van der Waals surface area contributed by atoms with Crippen LogP contribution in [0, 0.1) is 5.82 Å². The molecular weight excluding hydrogens is 394 g/mol. The van der Waals surface area contributed by atoms with Gasteiger partial charge in [-0.15, -0.1) is 0 Å². The average Bonchev–Trinajstić information content (AvgIpc) is 2.69. The standard InChI is InChI=1S/C22H20F2N2O4/c1-14(2)30-22(28)25-20-11-21(27)26(17-7-9-18(10-8-17)29-13-23)12-19(20)15-3-5-16(24)6-4-15/h3-12,14H,13H2,1-2H3,(H,25,28). The number of nitrogens with zero attached hydrogens (tertiary/aromatic N) is 1. The van der Waals surface area contributed by atoms with Crippen molar-refractivity contribution in [2.45, 2.75) is 20.0 Å². The number of benzene rings is 2. The number of hydrogen-bond donors (Lipinski definition) is 1. The van der Waals surface area contributed by atoms with Gasteiger partial charge in [0.15, 0.2) is 0 Å². The quantitative estimate of drug-likeness (QED) is 0.623. The molecular formula is C22H20F2N2O4. The summed E-state index contributed by atoms with van der Waals surface area (Å²) in [5.74, 6) is -0.0907. The molecule has 0 aliphatic rings. The van der Waals surface area contributed by atoms with Crippen molar-refractivity contribution >= 4 is 11.8 Å². The summed E-state index contributed by atoms with van der Waals surface area (Å²) < 4.78 is 36.9. The van der Waals surface area contributed by atoms with Crippen LogP contribution in [-0.2, 0) is 4.74 Å². The van der Waals surface area contributed by atoms with Crippen molar-refractivity contribution in [1.29, 1.82) is 0 Å². The van der Waals surface area contributed by atoms with Gasteiger partial charge in [0.1, 0.15) is 11.6 Å². The zero-order valence-electron chi connectivity index (χ0n) is 16.4. The van der Waals surface area contributed by atoms with Gasteiger partial charge in [0.25, 0.3) is 5.56 Å². The molecule has 0 fully saturated rings. The molecule has 1 heterocycles. The van der Waals surface area contributed by atoms with E-state index in [9.17, 15) is 18.4 Å². The van der Waals surface area contributed by atoms with Gasteiger partial charge in [-0.3, -0.25) is 14.7 Å². The number of halogens is 2. The fraction of sp³-hybridized carbons (Fsp3) is 0.182. The molecule has 1 N–H and O–H groups in total. The van der Waals surface area contributed by atoms with Crippen molar-refractivity contribution in [3.63, 3.8) is 0 Å². The SMILES string of the molecule is CC(C)OC(=O)Nc1cc(=O)n(-c2ccc(OCF)cc2)cc1-c1ccc(F)cc1. The van der Waals surface area contributed by atoms with Gasteiger partial charge in [0.05, 0.1) is 11.8 Å². The van der Waals surface area contributed by atoms with E-state index in [0.29, 0.717) is 22.6 Å². The smallest absolute Gasteiger partial charge is 0.411 e. The van der Waals surface area contributed by atoms with Gasteiger partial charge >= 0.3 is 6.09 Å². The Hall–Kier alpha value is -3.68. The van der Waals surface area contributed by atoms with E-state index in [1.807, 2.05) is 0 Å². The number of aromatic nitrogens is 1. The van der Waals surface area contributed by atoms with Crippen LogP contribution in [0.3, 0.4) is 0 Å². The van der Waals surface area contributed by atoms with Crippen molar-refractivity contribution in [3.8, 4) is 22.6 Å². The number of carbonyl (C=O) groups is 1. The minimum absolute atomic E-state index is 0.228. The fourth-order valence-electron chi connectivity index (χ4n) is 2.82. The molecule has 1 amide bonds. The monoisotopic (exact) mass is 414 g/mol. The summed E-state index contributed by atoms with van der Waals surface area (Å²) in [4.78, 5) is 24.8. The van der Waals surface area contributed by atoms with Crippen molar-refractivity contribution in [2.24, 2.45) is 0 Å². The van der Waals surface area contributed by atoms with Gasteiger partial charge in [-0.1, -0.05) is 12.1 Å². The van der Waals surface area contributed by atoms with E-state index < -0.39 is 24.3 Å². The zero-order chi connectivity index (χ0) is 21.7. The maximum atomic E-state index is 13.4. The highest BCUT2D eigenvalue weighted by molar-refractivity contribution is 5.91. The van der Waals surface area contributed by atoms with E-state index in [-0.39, 0.29) is 11.8 Å². The number of carbonyl (C=O) groups excluding carboxylic acids is 1. The maximum absolute atomic E-state index is 13.4. The number of amides is 1. The summed E-state index contributed by atoms with van der Waals surface area (Å²) in [6.07, 6.45) is 0.480. The molecule has 1 aromatic heterocycles. The largest absolute Gasteiger partial charge is 0.463 e. The zero-order valence-corrected chi connectivity index (χ0v) is 16.4. The maximum Gasteiger partial charge on any atom is 0.411 e. The summed E-state index contributed by atoms with van der Waals surface area (Å²) in [5, 5.41) is 2.57. The molecule has 0 atom stereocenters. The summed E-state index contributed by atoms with van der Waals surface area (Å²) in [6.45, 7) is 2.45. The molecule has 6 nitrogen and oxygen atoms in total. The van der Waals surface area contributed by atoms with Gasteiger partial charge in [-0.2, -0.15) is 0 Å². The van der Waals surface area contributed by atoms with Crippen LogP contribution < -0.4 is 15.6 Å². The number of anilines is 1. The summed E-state index contributed by atoms with van der Waals surface area (Å²) >= 11 is 0. The minimum atomic E-state index is -0.957. The van der Waals surface area contributed by atoms with Crippen molar-refractivity contribution in [1.82, 2.24) is 4.57 Å². The predicted octanol–water partition coefficient (Wildman–Crippen LogP) is 4.91. The third kappa shape index (κ3) is 5.02. The van der Waals surface area contributed by atoms with Crippen LogP contribution in [0.1, 0.15) is 13.8 Å². The lowest BCUT2D eigenvalue weighted by Gasteiger charge is -2.16. The molecule has 0 unspecified atom stereocenters. The Morgan fingerprint density at radius 3 is 2.37 bits per heavy atom. The molecule has 0 saturated carbocycles. The average molecular weight is 414 g/mol. The molecule has 2 aromatic carbocycles. The second kappa shape index (κ2) is 9.21. The Labute approximate surface area is 171 Å². The number of alkyl halides is 1. The van der Waals surface area contributed by atoms with Crippen LogP contribution in [0.25, 0.3) is 16.8 Å². The van der Waals surface area contributed by atoms with E-state index in [1.165, 1.54) is 53.2 Å². The Balaban J connectivity index is 2.07. The van der Waals surface area contributed by atoms with Gasteiger partial charge in [-0.05, 0) is 55.8 Å². The Bertz CT molecular complexity index is 1080. The molecule has 3 rings (SSSR count). The Morgan fingerprint density at radius 2 is 1.77 bits per heavy atom. The van der Waals surface area contributed by atoms with Crippen molar-refractivity contribution in [2.75, 3.05) is 12.2 Å². The highest BCUT2D eigenvalue weighted by Crippen LogP contribution is 2.28. The van der Waals surface area contributed by atoms with E-state index in [1.54, 1.807) is 26.0 Å². The molecule has 0 bridgehead atoms. The molecule has 0 aliphatic carbocycles. The lowest BCUT2D eigenvalue weighted by atomic mass is 10.1. The molecule has 0 aliphatic heterocycles. The Morgan fingerprint density at radius 1 is 1.10 bits per heavy atom. The topological polar surface area (TPSA) is 69.6 Å². The first kappa shape index (κ1) is 21.0. The van der Waals surface area contributed by atoms with Crippen LogP contribution in [-0.4, -0.2) is 23.6 Å². The van der Waals surface area contributed by atoms with Crippen LogP contribution in [0.4, 0.5) is 19.3 Å². The lowest BCUT2D eigenvalue weighted by molar-refractivity contribution is 0.130. The molecule has 8 heteroatoms. The minimum Gasteiger partial charge on any atom is -0.463 e. The molecule has 30 heavy (non-hydrogen) atoms. The van der Waals surface area contributed by atoms with Crippen LogP contribution >= 0.6 is 0 Å². The number of ether oxygens (including phenoxy) is 2. The summed E-state index contributed by atoms with van der Waals surface area (Å²) in [5.41, 5.74) is 1.39.